The Bertz CT molecular complexity index is 494. The van der Waals surface area contributed by atoms with E-state index in [9.17, 15) is 8.42 Å². The van der Waals surface area contributed by atoms with E-state index in [1.54, 1.807) is 18.3 Å². The number of hydrogen-bond acceptors (Lipinski definition) is 5. The van der Waals surface area contributed by atoms with Crippen LogP contribution in [0.4, 0.5) is 0 Å². The largest absolute Gasteiger partial charge is 0.306 e. The summed E-state index contributed by atoms with van der Waals surface area (Å²) < 4.78 is 23.1. The first kappa shape index (κ1) is 15.6. The number of nitrogens with zero attached hydrogens (tertiary/aromatic N) is 1. The van der Waals surface area contributed by atoms with Gasteiger partial charge in [-0.15, -0.1) is 11.3 Å². The van der Waals surface area contributed by atoms with Gasteiger partial charge in [0.2, 0.25) is 0 Å². The predicted octanol–water partition coefficient (Wildman–Crippen LogP) is 2.23. The molecule has 6 heteroatoms. The van der Waals surface area contributed by atoms with Crippen molar-refractivity contribution >= 4 is 21.2 Å². The van der Waals surface area contributed by atoms with Crippen LogP contribution in [0.1, 0.15) is 42.4 Å². The lowest BCUT2D eigenvalue weighted by Gasteiger charge is -2.19. The van der Waals surface area contributed by atoms with Gasteiger partial charge in [-0.3, -0.25) is 0 Å². The van der Waals surface area contributed by atoms with Gasteiger partial charge in [0.15, 0.2) is 9.84 Å². The average molecular weight is 290 g/mol. The van der Waals surface area contributed by atoms with Gasteiger partial charge in [0, 0.05) is 22.7 Å². The van der Waals surface area contributed by atoms with Crippen LogP contribution in [0.15, 0.2) is 0 Å². The van der Waals surface area contributed by atoms with E-state index in [4.69, 9.17) is 0 Å². The van der Waals surface area contributed by atoms with E-state index in [2.05, 4.69) is 17.2 Å². The minimum Gasteiger partial charge on any atom is -0.306 e. The molecule has 0 fully saturated rings. The van der Waals surface area contributed by atoms with Crippen molar-refractivity contribution in [1.29, 1.82) is 0 Å². The molecule has 18 heavy (non-hydrogen) atoms. The molecule has 1 rings (SSSR count). The van der Waals surface area contributed by atoms with Gasteiger partial charge in [-0.25, -0.2) is 13.4 Å². The molecule has 104 valence electrons. The van der Waals surface area contributed by atoms with Crippen molar-refractivity contribution in [3.05, 3.63) is 15.6 Å². The molecule has 0 saturated carbocycles. The molecule has 1 aromatic heterocycles. The molecule has 0 spiro atoms. The highest BCUT2D eigenvalue weighted by molar-refractivity contribution is 7.91. The number of thiazole rings is 1. The summed E-state index contributed by atoms with van der Waals surface area (Å²) in [7, 11) is -2.93. The van der Waals surface area contributed by atoms with Gasteiger partial charge < -0.3 is 5.32 Å². The molecule has 0 aromatic carbocycles. The molecule has 2 atom stereocenters. The van der Waals surface area contributed by atoms with Crippen molar-refractivity contribution in [3.63, 3.8) is 0 Å². The van der Waals surface area contributed by atoms with Crippen LogP contribution in [0.3, 0.4) is 0 Å². The summed E-state index contributed by atoms with van der Waals surface area (Å²) in [5.41, 5.74) is 1.03. The molecular formula is C12H22N2O2S2. The minimum atomic E-state index is -2.93. The number of aromatic nitrogens is 1. The molecule has 0 radical (unpaired) electrons. The maximum absolute atomic E-state index is 11.5. The van der Waals surface area contributed by atoms with Crippen LogP contribution in [-0.4, -0.2) is 30.9 Å². The zero-order chi connectivity index (χ0) is 13.9. The average Bonchev–Trinajstić information content (AvgIpc) is 2.57. The van der Waals surface area contributed by atoms with Gasteiger partial charge >= 0.3 is 0 Å². The van der Waals surface area contributed by atoms with Gasteiger partial charge in [-0.05, 0) is 27.7 Å². The summed E-state index contributed by atoms with van der Waals surface area (Å²) in [6.45, 7) is 9.62. The first-order valence-electron chi connectivity index (χ1n) is 6.15. The molecule has 2 unspecified atom stereocenters. The molecule has 1 aromatic rings. The summed E-state index contributed by atoms with van der Waals surface area (Å²) in [6, 6.07) is 0.0880. The van der Waals surface area contributed by atoms with E-state index in [0.29, 0.717) is 0 Å². The maximum atomic E-state index is 11.5. The van der Waals surface area contributed by atoms with Gasteiger partial charge in [-0.2, -0.15) is 0 Å². The Kier molecular flexibility index (Phi) is 5.31. The van der Waals surface area contributed by atoms with E-state index in [1.807, 2.05) is 20.8 Å². The molecule has 1 heterocycles. The second kappa shape index (κ2) is 6.12. The molecule has 4 nitrogen and oxygen atoms in total. The van der Waals surface area contributed by atoms with E-state index in [0.717, 1.165) is 10.7 Å². The Morgan fingerprint density at radius 1 is 1.33 bits per heavy atom. The Labute approximate surface area is 114 Å². The van der Waals surface area contributed by atoms with E-state index < -0.39 is 9.84 Å². The molecule has 0 amide bonds. The Morgan fingerprint density at radius 3 is 2.39 bits per heavy atom. The van der Waals surface area contributed by atoms with E-state index in [-0.39, 0.29) is 23.6 Å². The fraction of sp³-hybridized carbons (Fsp3) is 0.750. The standard InChI is InChI=1S/C12H22N2O2S2/c1-6-18(15,16)7-8(2)13-9(3)12-10(4)14-11(5)17-12/h8-9,13H,6-7H2,1-5H3. The predicted molar refractivity (Wildman–Crippen MR) is 76.9 cm³/mol. The maximum Gasteiger partial charge on any atom is 0.151 e. The highest BCUT2D eigenvalue weighted by Gasteiger charge is 2.18. The minimum absolute atomic E-state index is 0.0493. The zero-order valence-corrected chi connectivity index (χ0v) is 13.3. The molecule has 1 N–H and O–H groups in total. The summed E-state index contributed by atoms with van der Waals surface area (Å²) in [6.07, 6.45) is 0. The summed E-state index contributed by atoms with van der Waals surface area (Å²) >= 11 is 1.67. The van der Waals surface area contributed by atoms with Crippen molar-refractivity contribution in [3.8, 4) is 0 Å². The van der Waals surface area contributed by atoms with Crippen molar-refractivity contribution < 1.29 is 8.42 Å². The fourth-order valence-electron chi connectivity index (χ4n) is 2.00. The summed E-state index contributed by atoms with van der Waals surface area (Å²) in [5.74, 6) is 0.386. The molecule has 0 saturated heterocycles. The van der Waals surface area contributed by atoms with Crippen LogP contribution < -0.4 is 5.32 Å². The van der Waals surface area contributed by atoms with Crippen LogP contribution in [0.25, 0.3) is 0 Å². The lowest BCUT2D eigenvalue weighted by atomic mass is 10.2. The molecule has 0 bridgehead atoms. The lowest BCUT2D eigenvalue weighted by molar-refractivity contribution is 0.503. The highest BCUT2D eigenvalue weighted by atomic mass is 32.2. The number of rotatable bonds is 6. The van der Waals surface area contributed by atoms with Crippen molar-refractivity contribution in [2.24, 2.45) is 0 Å². The highest BCUT2D eigenvalue weighted by Crippen LogP contribution is 2.24. The van der Waals surface area contributed by atoms with Crippen molar-refractivity contribution in [2.75, 3.05) is 11.5 Å². The topological polar surface area (TPSA) is 59.1 Å². The number of sulfone groups is 1. The van der Waals surface area contributed by atoms with E-state index in [1.165, 1.54) is 4.88 Å². The third-order valence-corrected chi connectivity index (χ3v) is 5.95. The fourth-order valence-corrected chi connectivity index (χ4v) is 4.03. The first-order valence-corrected chi connectivity index (χ1v) is 8.79. The van der Waals surface area contributed by atoms with Gasteiger partial charge in [0.05, 0.1) is 16.5 Å². The van der Waals surface area contributed by atoms with Crippen LogP contribution in [0.5, 0.6) is 0 Å². The van der Waals surface area contributed by atoms with Crippen LogP contribution in [0, 0.1) is 13.8 Å². The second-order valence-electron chi connectivity index (χ2n) is 4.67. The third kappa shape index (κ3) is 4.33. The summed E-state index contributed by atoms with van der Waals surface area (Å²) in [5, 5.41) is 4.38. The Hall–Kier alpha value is -0.460. The molecular weight excluding hydrogens is 268 g/mol. The van der Waals surface area contributed by atoms with Crippen LogP contribution in [-0.2, 0) is 9.84 Å². The first-order chi connectivity index (χ1) is 8.25. The third-order valence-electron chi connectivity index (χ3n) is 2.81. The van der Waals surface area contributed by atoms with Crippen molar-refractivity contribution in [1.82, 2.24) is 10.3 Å². The van der Waals surface area contributed by atoms with E-state index >= 15 is 0 Å². The van der Waals surface area contributed by atoms with Crippen LogP contribution in [0.2, 0.25) is 0 Å². The van der Waals surface area contributed by atoms with Gasteiger partial charge in [0.1, 0.15) is 0 Å². The smallest absolute Gasteiger partial charge is 0.151 e. The van der Waals surface area contributed by atoms with Gasteiger partial charge in [0.25, 0.3) is 0 Å². The quantitative estimate of drug-likeness (QED) is 0.873. The Morgan fingerprint density at radius 2 is 1.94 bits per heavy atom. The number of aryl methyl sites for hydroxylation is 2. The molecule has 0 aliphatic carbocycles. The van der Waals surface area contributed by atoms with Crippen molar-refractivity contribution in [2.45, 2.75) is 46.7 Å². The lowest BCUT2D eigenvalue weighted by Crippen LogP contribution is -2.35. The summed E-state index contributed by atoms with van der Waals surface area (Å²) in [4.78, 5) is 5.58. The zero-order valence-electron chi connectivity index (χ0n) is 11.6. The SMILES string of the molecule is CCS(=O)(=O)CC(C)NC(C)c1sc(C)nc1C. The second-order valence-corrected chi connectivity index (χ2v) is 8.30. The number of hydrogen-bond donors (Lipinski definition) is 1. The molecule has 0 aliphatic rings. The monoisotopic (exact) mass is 290 g/mol. The van der Waals surface area contributed by atoms with Crippen LogP contribution >= 0.6 is 11.3 Å². The Balaban J connectivity index is 2.65. The molecule has 0 aliphatic heterocycles. The number of nitrogens with one attached hydrogen (secondary N) is 1. The normalized spacial score (nSPS) is 15.6. The van der Waals surface area contributed by atoms with Gasteiger partial charge in [-0.1, -0.05) is 6.92 Å².